The number of anilines is 2. The fourth-order valence-electron chi connectivity index (χ4n) is 1.79. The molecule has 0 aliphatic rings. The number of aromatic nitrogens is 3. The van der Waals surface area contributed by atoms with Gasteiger partial charge in [0.25, 0.3) is 0 Å². The van der Waals surface area contributed by atoms with Crippen LogP contribution in [0.3, 0.4) is 0 Å². The van der Waals surface area contributed by atoms with E-state index in [4.69, 9.17) is 16.3 Å². The largest absolute Gasteiger partial charge is 0.389 e. The minimum Gasteiger partial charge on any atom is -0.389 e. The van der Waals surface area contributed by atoms with Gasteiger partial charge in [0.1, 0.15) is 0 Å². The van der Waals surface area contributed by atoms with E-state index in [0.717, 1.165) is 13.1 Å². The first-order valence-corrected chi connectivity index (χ1v) is 6.94. The maximum atomic E-state index is 9.74. The van der Waals surface area contributed by atoms with Gasteiger partial charge in [-0.1, -0.05) is 0 Å². The number of hydrogen-bond acceptors (Lipinski definition) is 7. The highest BCUT2D eigenvalue weighted by Crippen LogP contribution is 2.16. The molecule has 0 spiro atoms. The van der Waals surface area contributed by atoms with Gasteiger partial charge in [-0.05, 0) is 25.4 Å². The summed E-state index contributed by atoms with van der Waals surface area (Å²) in [4.78, 5) is 16.3. The molecule has 0 fully saturated rings. The van der Waals surface area contributed by atoms with E-state index in [1.165, 1.54) is 0 Å². The van der Waals surface area contributed by atoms with Crippen molar-refractivity contribution in [3.63, 3.8) is 0 Å². The molecular formula is C12H22ClN5O2. The van der Waals surface area contributed by atoms with Crippen molar-refractivity contribution in [2.45, 2.75) is 20.0 Å². The average molecular weight is 304 g/mol. The van der Waals surface area contributed by atoms with E-state index in [1.54, 1.807) is 19.1 Å². The smallest absolute Gasteiger partial charge is 0.231 e. The van der Waals surface area contributed by atoms with Crippen molar-refractivity contribution in [1.29, 1.82) is 0 Å². The Labute approximate surface area is 124 Å². The Kier molecular flexibility index (Phi) is 6.90. The summed E-state index contributed by atoms with van der Waals surface area (Å²) >= 11 is 5.95. The monoisotopic (exact) mass is 303 g/mol. The van der Waals surface area contributed by atoms with Crippen molar-refractivity contribution < 1.29 is 9.84 Å². The zero-order valence-corrected chi connectivity index (χ0v) is 13.1. The van der Waals surface area contributed by atoms with Crippen LogP contribution in [0.1, 0.15) is 13.8 Å². The molecule has 1 heterocycles. The standard InChI is InChI=1S/C12H22ClN5O2/c1-5-18(6-2)12-15-10(13)14-11(16-12)17(3)7-9(19)8-20-4/h9,19H,5-8H2,1-4H3. The molecule has 7 nitrogen and oxygen atoms in total. The first-order valence-electron chi connectivity index (χ1n) is 6.56. The molecule has 0 bridgehead atoms. The predicted octanol–water partition coefficient (Wildman–Crippen LogP) is 0.815. The summed E-state index contributed by atoms with van der Waals surface area (Å²) < 4.78 is 4.90. The maximum Gasteiger partial charge on any atom is 0.231 e. The van der Waals surface area contributed by atoms with Crippen molar-refractivity contribution in [2.75, 3.05) is 50.2 Å². The number of aliphatic hydroxyl groups is 1. The minimum atomic E-state index is -0.613. The lowest BCUT2D eigenvalue weighted by atomic mass is 10.3. The Morgan fingerprint density at radius 3 is 2.35 bits per heavy atom. The SMILES string of the molecule is CCN(CC)c1nc(Cl)nc(N(C)CC(O)COC)n1. The number of ether oxygens (including phenoxy) is 1. The van der Waals surface area contributed by atoms with Crippen molar-refractivity contribution in [3.05, 3.63) is 5.28 Å². The van der Waals surface area contributed by atoms with E-state index < -0.39 is 6.10 Å². The molecule has 0 radical (unpaired) electrons. The minimum absolute atomic E-state index is 0.144. The molecular weight excluding hydrogens is 282 g/mol. The third-order valence-corrected chi connectivity index (χ3v) is 2.98. The van der Waals surface area contributed by atoms with Gasteiger partial charge in [0.2, 0.25) is 17.2 Å². The fraction of sp³-hybridized carbons (Fsp3) is 0.750. The van der Waals surface area contributed by atoms with Crippen LogP contribution in [0.4, 0.5) is 11.9 Å². The van der Waals surface area contributed by atoms with Gasteiger partial charge in [-0.15, -0.1) is 0 Å². The normalized spacial score (nSPS) is 12.3. The molecule has 0 saturated carbocycles. The second kappa shape index (κ2) is 8.18. The number of halogens is 1. The van der Waals surface area contributed by atoms with Gasteiger partial charge >= 0.3 is 0 Å². The highest BCUT2D eigenvalue weighted by Gasteiger charge is 2.15. The van der Waals surface area contributed by atoms with Crippen molar-refractivity contribution in [1.82, 2.24) is 15.0 Å². The Morgan fingerprint density at radius 2 is 1.80 bits per heavy atom. The molecule has 0 saturated heterocycles. The Morgan fingerprint density at radius 1 is 1.20 bits per heavy atom. The quantitative estimate of drug-likeness (QED) is 0.762. The third kappa shape index (κ3) is 4.73. The van der Waals surface area contributed by atoms with Crippen molar-refractivity contribution in [2.24, 2.45) is 0 Å². The summed E-state index contributed by atoms with van der Waals surface area (Å²) in [6.07, 6.45) is -0.613. The summed E-state index contributed by atoms with van der Waals surface area (Å²) in [7, 11) is 3.33. The number of nitrogens with zero attached hydrogens (tertiary/aromatic N) is 5. The highest BCUT2D eigenvalue weighted by atomic mass is 35.5. The molecule has 0 aliphatic carbocycles. The van der Waals surface area contributed by atoms with Crippen LogP contribution in [0.25, 0.3) is 0 Å². The molecule has 1 atom stereocenters. The van der Waals surface area contributed by atoms with Crippen LogP contribution in [0.2, 0.25) is 5.28 Å². The lowest BCUT2D eigenvalue weighted by Gasteiger charge is -2.23. The molecule has 1 aromatic heterocycles. The van der Waals surface area contributed by atoms with E-state index >= 15 is 0 Å². The summed E-state index contributed by atoms with van der Waals surface area (Å²) in [6, 6.07) is 0. The van der Waals surface area contributed by atoms with E-state index in [9.17, 15) is 5.11 Å². The van der Waals surface area contributed by atoms with Crippen LogP contribution in [0.5, 0.6) is 0 Å². The van der Waals surface area contributed by atoms with Crippen LogP contribution < -0.4 is 9.80 Å². The number of rotatable bonds is 8. The van der Waals surface area contributed by atoms with Gasteiger partial charge < -0.3 is 19.6 Å². The molecule has 1 aromatic rings. The second-order valence-electron chi connectivity index (χ2n) is 4.37. The van der Waals surface area contributed by atoms with Gasteiger partial charge in [0, 0.05) is 33.8 Å². The number of likely N-dealkylation sites (N-methyl/N-ethyl adjacent to an activating group) is 1. The lowest BCUT2D eigenvalue weighted by Crippen LogP contribution is -2.33. The molecule has 1 rings (SSSR count). The number of hydrogen-bond donors (Lipinski definition) is 1. The van der Waals surface area contributed by atoms with E-state index in [0.29, 0.717) is 18.4 Å². The molecule has 8 heteroatoms. The van der Waals surface area contributed by atoms with E-state index in [1.807, 2.05) is 18.7 Å². The van der Waals surface area contributed by atoms with Gasteiger partial charge in [-0.25, -0.2) is 0 Å². The van der Waals surface area contributed by atoms with E-state index in [2.05, 4.69) is 15.0 Å². The second-order valence-corrected chi connectivity index (χ2v) is 4.70. The molecule has 1 unspecified atom stereocenters. The van der Waals surface area contributed by atoms with Gasteiger partial charge in [0.15, 0.2) is 0 Å². The Hall–Kier alpha value is -1.18. The first kappa shape index (κ1) is 16.9. The molecule has 1 N–H and O–H groups in total. The molecule has 114 valence electrons. The third-order valence-electron chi connectivity index (χ3n) is 2.82. The summed E-state index contributed by atoms with van der Waals surface area (Å²) in [5, 5.41) is 9.88. The maximum absolute atomic E-state index is 9.74. The Balaban J connectivity index is 2.89. The number of aliphatic hydroxyl groups excluding tert-OH is 1. The van der Waals surface area contributed by atoms with E-state index in [-0.39, 0.29) is 11.9 Å². The van der Waals surface area contributed by atoms with Crippen LogP contribution >= 0.6 is 11.6 Å². The van der Waals surface area contributed by atoms with Gasteiger partial charge in [-0.3, -0.25) is 0 Å². The average Bonchev–Trinajstić information content (AvgIpc) is 2.39. The Bertz CT molecular complexity index is 417. The van der Waals surface area contributed by atoms with Crippen LogP contribution in [0, 0.1) is 0 Å². The van der Waals surface area contributed by atoms with Crippen molar-refractivity contribution >= 4 is 23.5 Å². The molecule has 20 heavy (non-hydrogen) atoms. The van der Waals surface area contributed by atoms with Crippen LogP contribution in [-0.2, 0) is 4.74 Å². The summed E-state index contributed by atoms with van der Waals surface area (Å²) in [5.74, 6) is 0.972. The molecule has 0 aliphatic heterocycles. The van der Waals surface area contributed by atoms with Crippen molar-refractivity contribution in [3.8, 4) is 0 Å². The van der Waals surface area contributed by atoms with Gasteiger partial charge in [-0.2, -0.15) is 15.0 Å². The first-order chi connectivity index (χ1) is 9.51. The lowest BCUT2D eigenvalue weighted by molar-refractivity contribution is 0.0693. The number of methoxy groups -OCH3 is 1. The van der Waals surface area contributed by atoms with Crippen LogP contribution in [-0.4, -0.2) is 66.6 Å². The zero-order chi connectivity index (χ0) is 15.1. The fourth-order valence-corrected chi connectivity index (χ4v) is 1.94. The van der Waals surface area contributed by atoms with Gasteiger partial charge in [0.05, 0.1) is 12.7 Å². The topological polar surface area (TPSA) is 74.6 Å². The summed E-state index contributed by atoms with van der Waals surface area (Å²) in [6.45, 7) is 6.22. The molecule has 0 amide bonds. The predicted molar refractivity (Wildman–Crippen MR) is 79.6 cm³/mol. The molecule has 0 aromatic carbocycles. The van der Waals surface area contributed by atoms with Crippen LogP contribution in [0.15, 0.2) is 0 Å². The zero-order valence-electron chi connectivity index (χ0n) is 12.4. The highest BCUT2D eigenvalue weighted by molar-refractivity contribution is 6.28. The summed E-state index contributed by atoms with van der Waals surface area (Å²) in [5.41, 5.74) is 0.